The lowest BCUT2D eigenvalue weighted by molar-refractivity contribution is -0.384. The average Bonchev–Trinajstić information content (AvgIpc) is 3.42. The van der Waals surface area contributed by atoms with Crippen LogP contribution in [0.25, 0.3) is 10.1 Å². The van der Waals surface area contributed by atoms with Crippen LogP contribution in [0.2, 0.25) is 5.02 Å². The smallest absolute Gasteiger partial charge is 0.340 e. The largest absolute Gasteiger partial charge is 0.465 e. The number of hydrazine groups is 1. The fourth-order valence-electron chi connectivity index (χ4n) is 3.30. The van der Waals surface area contributed by atoms with E-state index in [1.54, 1.807) is 6.07 Å². The van der Waals surface area contributed by atoms with E-state index >= 15 is 0 Å². The molecule has 0 saturated heterocycles. The number of hydrogen-bond acceptors (Lipinski definition) is 8. The van der Waals surface area contributed by atoms with Crippen molar-refractivity contribution < 1.29 is 19.2 Å². The molecule has 0 saturated carbocycles. The molecule has 184 valence electrons. The van der Waals surface area contributed by atoms with Crippen LogP contribution in [0.4, 0.5) is 10.7 Å². The Morgan fingerprint density at radius 2 is 1.86 bits per heavy atom. The van der Waals surface area contributed by atoms with Gasteiger partial charge in [0.15, 0.2) is 5.11 Å². The molecule has 1 amide bonds. The van der Waals surface area contributed by atoms with E-state index in [4.69, 9.17) is 28.6 Å². The predicted octanol–water partition coefficient (Wildman–Crippen LogP) is 5.53. The van der Waals surface area contributed by atoms with Gasteiger partial charge < -0.3 is 10.1 Å². The standard InChI is InChI=1S/C23H17ClN4O5S3/c1-33-22(30)16-11-14(9-12-5-3-2-4-6-12)35-21(16)25-23(34)27-26-20(29)19-18(24)15-8-7-13(28(31)32)10-17(15)36-19/h2-8,10-11H,9H2,1H3,(H,26,29)(H2,25,27,34). The molecule has 0 fully saturated rings. The first-order valence-electron chi connectivity index (χ1n) is 10.3. The van der Waals surface area contributed by atoms with Gasteiger partial charge in [0, 0.05) is 33.5 Å². The van der Waals surface area contributed by atoms with E-state index in [0.29, 0.717) is 27.1 Å². The van der Waals surface area contributed by atoms with Crippen molar-refractivity contribution in [3.63, 3.8) is 0 Å². The van der Waals surface area contributed by atoms with Gasteiger partial charge in [-0.25, -0.2) is 4.79 Å². The second-order valence-corrected chi connectivity index (χ2v) is 10.3. The Morgan fingerprint density at radius 1 is 1.11 bits per heavy atom. The molecular formula is C23H17ClN4O5S3. The first kappa shape index (κ1) is 25.5. The van der Waals surface area contributed by atoms with Crippen molar-refractivity contribution in [3.05, 3.63) is 90.6 Å². The lowest BCUT2D eigenvalue weighted by Crippen LogP contribution is -2.43. The summed E-state index contributed by atoms with van der Waals surface area (Å²) in [5.41, 5.74) is 6.35. The number of fused-ring (bicyclic) bond motifs is 1. The van der Waals surface area contributed by atoms with Crippen LogP contribution in [-0.4, -0.2) is 29.0 Å². The Morgan fingerprint density at radius 3 is 2.56 bits per heavy atom. The highest BCUT2D eigenvalue weighted by Gasteiger charge is 2.21. The second-order valence-electron chi connectivity index (χ2n) is 7.33. The number of nitro groups is 1. The molecule has 0 unspecified atom stereocenters. The minimum Gasteiger partial charge on any atom is -0.465 e. The highest BCUT2D eigenvalue weighted by Crippen LogP contribution is 2.37. The van der Waals surface area contributed by atoms with Crippen LogP contribution < -0.4 is 16.2 Å². The molecule has 4 rings (SSSR count). The zero-order valence-electron chi connectivity index (χ0n) is 18.5. The monoisotopic (exact) mass is 560 g/mol. The summed E-state index contributed by atoms with van der Waals surface area (Å²) in [6.07, 6.45) is 0.622. The van der Waals surface area contributed by atoms with Crippen LogP contribution in [0.15, 0.2) is 54.6 Å². The number of anilines is 1. The number of nitrogens with one attached hydrogen (secondary N) is 3. The number of carbonyl (C=O) groups is 2. The fraction of sp³-hybridized carbons (Fsp3) is 0.0870. The fourth-order valence-corrected chi connectivity index (χ4v) is 6.04. The van der Waals surface area contributed by atoms with Crippen molar-refractivity contribution in [3.8, 4) is 0 Å². The molecule has 0 bridgehead atoms. The van der Waals surface area contributed by atoms with Crippen LogP contribution in [-0.2, 0) is 11.2 Å². The van der Waals surface area contributed by atoms with Crippen molar-refractivity contribution >= 4 is 84.3 Å². The third kappa shape index (κ3) is 5.62. The molecule has 0 aliphatic carbocycles. The number of esters is 1. The van der Waals surface area contributed by atoms with E-state index in [1.165, 1.54) is 36.6 Å². The summed E-state index contributed by atoms with van der Waals surface area (Å²) in [5.74, 6) is -1.09. The Labute approximate surface area is 223 Å². The molecule has 0 radical (unpaired) electrons. The minimum atomic E-state index is -0.572. The van der Waals surface area contributed by atoms with Gasteiger partial charge in [0.25, 0.3) is 11.6 Å². The van der Waals surface area contributed by atoms with Crippen LogP contribution >= 0.6 is 46.5 Å². The summed E-state index contributed by atoms with van der Waals surface area (Å²) < 4.78 is 5.39. The molecule has 4 aromatic rings. The minimum absolute atomic E-state index is 0.0366. The van der Waals surface area contributed by atoms with Crippen LogP contribution in [0.3, 0.4) is 0 Å². The third-order valence-corrected chi connectivity index (χ3v) is 7.87. The summed E-state index contributed by atoms with van der Waals surface area (Å²) in [6, 6.07) is 15.7. The Kier molecular flexibility index (Phi) is 7.79. The molecule has 9 nitrogen and oxygen atoms in total. The van der Waals surface area contributed by atoms with Crippen LogP contribution in [0, 0.1) is 10.1 Å². The lowest BCUT2D eigenvalue weighted by atomic mass is 10.1. The average molecular weight is 561 g/mol. The number of hydrogen-bond donors (Lipinski definition) is 3. The maximum atomic E-state index is 12.7. The molecule has 0 spiro atoms. The molecule has 0 aliphatic heterocycles. The number of methoxy groups -OCH3 is 1. The van der Waals surface area contributed by atoms with Gasteiger partial charge in [-0.1, -0.05) is 41.9 Å². The van der Waals surface area contributed by atoms with Crippen LogP contribution in [0.1, 0.15) is 30.5 Å². The van der Waals surface area contributed by atoms with E-state index < -0.39 is 16.8 Å². The van der Waals surface area contributed by atoms with Gasteiger partial charge in [0.05, 0.1) is 22.6 Å². The first-order valence-corrected chi connectivity index (χ1v) is 12.7. The van der Waals surface area contributed by atoms with Crippen molar-refractivity contribution in [2.75, 3.05) is 12.4 Å². The number of nitrogens with zero attached hydrogens (tertiary/aromatic N) is 1. The number of ether oxygens (including phenoxy) is 1. The maximum Gasteiger partial charge on any atom is 0.340 e. The number of carbonyl (C=O) groups excluding carboxylic acids is 2. The number of thiocarbonyl (C=S) groups is 1. The number of nitro benzene ring substituents is 1. The summed E-state index contributed by atoms with van der Waals surface area (Å²) in [6.45, 7) is 0. The third-order valence-electron chi connectivity index (χ3n) is 4.96. The summed E-state index contributed by atoms with van der Waals surface area (Å²) in [5, 5.41) is 15.1. The summed E-state index contributed by atoms with van der Waals surface area (Å²) in [4.78, 5) is 36.6. The predicted molar refractivity (Wildman–Crippen MR) is 145 cm³/mol. The molecular weight excluding hydrogens is 544 g/mol. The van der Waals surface area contributed by atoms with E-state index in [9.17, 15) is 19.7 Å². The molecule has 3 N–H and O–H groups in total. The number of thiophene rings is 2. The first-order chi connectivity index (χ1) is 17.3. The number of rotatable bonds is 6. The van der Waals surface area contributed by atoms with Gasteiger partial charge in [-0.05, 0) is 29.9 Å². The molecule has 2 aromatic heterocycles. The topological polar surface area (TPSA) is 123 Å². The molecule has 0 aliphatic rings. The van der Waals surface area contributed by atoms with Crippen molar-refractivity contribution in [1.29, 1.82) is 0 Å². The molecule has 36 heavy (non-hydrogen) atoms. The molecule has 2 aromatic carbocycles. The molecule has 0 atom stereocenters. The van der Waals surface area contributed by atoms with E-state index in [-0.39, 0.29) is 20.7 Å². The molecule has 2 heterocycles. The van der Waals surface area contributed by atoms with Gasteiger partial charge in [-0.2, -0.15) is 0 Å². The van der Waals surface area contributed by atoms with Crippen LogP contribution in [0.5, 0.6) is 0 Å². The number of non-ortho nitro benzene ring substituents is 1. The lowest BCUT2D eigenvalue weighted by Gasteiger charge is -2.11. The zero-order valence-corrected chi connectivity index (χ0v) is 21.7. The van der Waals surface area contributed by atoms with Gasteiger partial charge in [-0.15, -0.1) is 22.7 Å². The molecule has 13 heteroatoms. The van der Waals surface area contributed by atoms with E-state index in [2.05, 4.69) is 16.2 Å². The summed E-state index contributed by atoms with van der Waals surface area (Å²) >= 11 is 14.0. The zero-order chi connectivity index (χ0) is 25.8. The normalized spacial score (nSPS) is 10.6. The van der Waals surface area contributed by atoms with Crippen molar-refractivity contribution in [2.45, 2.75) is 6.42 Å². The van der Waals surface area contributed by atoms with Crippen molar-refractivity contribution in [2.24, 2.45) is 0 Å². The Hall–Kier alpha value is -3.58. The van der Waals surface area contributed by atoms with E-state index in [0.717, 1.165) is 21.8 Å². The highest BCUT2D eigenvalue weighted by atomic mass is 35.5. The summed E-state index contributed by atoms with van der Waals surface area (Å²) in [7, 11) is 1.29. The van der Waals surface area contributed by atoms with Gasteiger partial charge in [0.2, 0.25) is 0 Å². The second kappa shape index (κ2) is 11.0. The van der Waals surface area contributed by atoms with Gasteiger partial charge in [-0.3, -0.25) is 25.8 Å². The number of benzene rings is 2. The van der Waals surface area contributed by atoms with Crippen molar-refractivity contribution in [1.82, 2.24) is 10.9 Å². The quantitative estimate of drug-likeness (QED) is 0.122. The van der Waals surface area contributed by atoms with Gasteiger partial charge >= 0.3 is 5.97 Å². The number of halogens is 1. The Balaban J connectivity index is 1.45. The number of amides is 1. The maximum absolute atomic E-state index is 12.7. The van der Waals surface area contributed by atoms with E-state index in [1.807, 2.05) is 30.3 Å². The Bertz CT molecular complexity index is 1490. The highest BCUT2D eigenvalue weighted by molar-refractivity contribution is 7.80. The van der Waals surface area contributed by atoms with Gasteiger partial charge in [0.1, 0.15) is 9.88 Å². The SMILES string of the molecule is COC(=O)c1cc(Cc2ccccc2)sc1NC(=S)NNC(=O)c1sc2cc([N+](=O)[O-])ccc2c1Cl.